The normalized spacial score (nSPS) is 13.3. The third-order valence-corrected chi connectivity index (χ3v) is 2.83. The Bertz CT molecular complexity index is 216. The fourth-order valence-corrected chi connectivity index (χ4v) is 1.44. The van der Waals surface area contributed by atoms with E-state index in [1.54, 1.807) is 13.8 Å². The number of carboxylic acids is 1. The van der Waals surface area contributed by atoms with Crippen molar-refractivity contribution in [2.45, 2.75) is 53.5 Å². The molecule has 90 valence electrons. The summed E-state index contributed by atoms with van der Waals surface area (Å²) in [7, 11) is 0. The van der Waals surface area contributed by atoms with E-state index in [0.717, 1.165) is 19.5 Å². The van der Waals surface area contributed by atoms with Crippen molar-refractivity contribution in [3.8, 4) is 0 Å². The summed E-state index contributed by atoms with van der Waals surface area (Å²) in [6, 6.07) is 0. The molecule has 0 fully saturated rings. The molecule has 0 aliphatic carbocycles. The van der Waals surface area contributed by atoms with Crippen LogP contribution < -0.4 is 0 Å². The minimum Gasteiger partial charge on any atom is -0.480 e. The summed E-state index contributed by atoms with van der Waals surface area (Å²) in [4.78, 5) is 13.1. The number of carboxylic acid groups (broad SMARTS) is 1. The van der Waals surface area contributed by atoms with E-state index in [-0.39, 0.29) is 5.41 Å². The maximum atomic E-state index is 11.1. The number of hydrogen-bond acceptors (Lipinski definition) is 2. The lowest BCUT2D eigenvalue weighted by Crippen LogP contribution is -2.50. The molecule has 0 aliphatic heterocycles. The van der Waals surface area contributed by atoms with Crippen LogP contribution in [0.1, 0.15) is 48.0 Å². The van der Waals surface area contributed by atoms with Crippen LogP contribution >= 0.6 is 0 Å². The van der Waals surface area contributed by atoms with Gasteiger partial charge in [-0.2, -0.15) is 0 Å². The molecule has 0 rings (SSSR count). The van der Waals surface area contributed by atoms with E-state index < -0.39 is 11.5 Å². The van der Waals surface area contributed by atoms with Crippen LogP contribution in [0.4, 0.5) is 0 Å². The second-order valence-electron chi connectivity index (χ2n) is 5.75. The van der Waals surface area contributed by atoms with E-state index in [0.29, 0.717) is 0 Å². The minimum absolute atomic E-state index is 0.252. The molecule has 0 aliphatic rings. The van der Waals surface area contributed by atoms with Gasteiger partial charge in [-0.25, -0.2) is 0 Å². The van der Waals surface area contributed by atoms with Gasteiger partial charge in [-0.3, -0.25) is 9.69 Å². The number of likely N-dealkylation sites (N-methyl/N-ethyl adjacent to an activating group) is 1. The van der Waals surface area contributed by atoms with Crippen LogP contribution in [0.15, 0.2) is 0 Å². The summed E-state index contributed by atoms with van der Waals surface area (Å²) >= 11 is 0. The summed E-state index contributed by atoms with van der Waals surface area (Å²) in [5.41, 5.74) is -0.512. The SMILES string of the molecule is CCN(CCC(C)(C)C)C(C)(C)C(=O)O. The number of nitrogens with zero attached hydrogens (tertiary/aromatic N) is 1. The molecule has 3 nitrogen and oxygen atoms in total. The third-order valence-electron chi connectivity index (χ3n) is 2.83. The van der Waals surface area contributed by atoms with Crippen molar-refractivity contribution in [2.75, 3.05) is 13.1 Å². The average Bonchev–Trinajstić information content (AvgIpc) is 2.02. The molecule has 0 saturated carbocycles. The predicted octanol–water partition coefficient (Wildman–Crippen LogP) is 2.61. The highest BCUT2D eigenvalue weighted by Gasteiger charge is 2.33. The lowest BCUT2D eigenvalue weighted by atomic mass is 9.91. The molecule has 0 aromatic heterocycles. The summed E-state index contributed by atoms with van der Waals surface area (Å²) < 4.78 is 0. The first-order valence-corrected chi connectivity index (χ1v) is 5.59. The smallest absolute Gasteiger partial charge is 0.323 e. The Morgan fingerprint density at radius 1 is 1.20 bits per heavy atom. The average molecular weight is 215 g/mol. The van der Waals surface area contributed by atoms with Crippen molar-refractivity contribution >= 4 is 5.97 Å². The monoisotopic (exact) mass is 215 g/mol. The summed E-state index contributed by atoms with van der Waals surface area (Å²) in [5.74, 6) is -0.752. The van der Waals surface area contributed by atoms with Gasteiger partial charge < -0.3 is 5.11 Å². The fraction of sp³-hybridized carbons (Fsp3) is 0.917. The zero-order chi connectivity index (χ0) is 12.3. The zero-order valence-corrected chi connectivity index (χ0v) is 10.9. The highest BCUT2D eigenvalue weighted by atomic mass is 16.4. The van der Waals surface area contributed by atoms with Crippen LogP contribution in [0.3, 0.4) is 0 Å². The fourth-order valence-electron chi connectivity index (χ4n) is 1.44. The molecule has 0 atom stereocenters. The summed E-state index contributed by atoms with van der Waals surface area (Å²) in [6.45, 7) is 13.7. The van der Waals surface area contributed by atoms with Crippen molar-refractivity contribution in [1.29, 1.82) is 0 Å². The highest BCUT2D eigenvalue weighted by molar-refractivity contribution is 5.77. The van der Waals surface area contributed by atoms with E-state index in [9.17, 15) is 4.79 Å². The van der Waals surface area contributed by atoms with Gasteiger partial charge in [0.25, 0.3) is 0 Å². The zero-order valence-electron chi connectivity index (χ0n) is 10.9. The Morgan fingerprint density at radius 3 is 1.93 bits per heavy atom. The number of hydrogen-bond donors (Lipinski definition) is 1. The van der Waals surface area contributed by atoms with Crippen molar-refractivity contribution < 1.29 is 9.90 Å². The van der Waals surface area contributed by atoms with E-state index in [2.05, 4.69) is 20.8 Å². The van der Waals surface area contributed by atoms with Crippen LogP contribution in [0, 0.1) is 5.41 Å². The second kappa shape index (κ2) is 4.97. The van der Waals surface area contributed by atoms with Crippen molar-refractivity contribution in [3.05, 3.63) is 0 Å². The molecule has 0 unspecified atom stereocenters. The Morgan fingerprint density at radius 2 is 1.67 bits per heavy atom. The van der Waals surface area contributed by atoms with Crippen molar-refractivity contribution in [1.82, 2.24) is 4.90 Å². The Kier molecular flexibility index (Phi) is 4.78. The van der Waals surface area contributed by atoms with E-state index in [1.165, 1.54) is 0 Å². The largest absolute Gasteiger partial charge is 0.480 e. The Hall–Kier alpha value is -0.570. The van der Waals surface area contributed by atoms with Crippen LogP contribution in [-0.4, -0.2) is 34.6 Å². The number of aliphatic carboxylic acids is 1. The van der Waals surface area contributed by atoms with Crippen LogP contribution in [-0.2, 0) is 4.79 Å². The molecule has 15 heavy (non-hydrogen) atoms. The molecule has 3 heteroatoms. The molecule has 0 radical (unpaired) electrons. The maximum Gasteiger partial charge on any atom is 0.323 e. The molecule has 1 N–H and O–H groups in total. The van der Waals surface area contributed by atoms with Gasteiger partial charge in [0.1, 0.15) is 5.54 Å². The van der Waals surface area contributed by atoms with Gasteiger partial charge in [-0.15, -0.1) is 0 Å². The standard InChI is InChI=1S/C12H25NO2/c1-7-13(9-8-11(2,3)4)12(5,6)10(14)15/h7-9H2,1-6H3,(H,14,15). The molecule has 0 spiro atoms. The molecular formula is C12H25NO2. The lowest BCUT2D eigenvalue weighted by Gasteiger charge is -2.35. The predicted molar refractivity (Wildman–Crippen MR) is 63.0 cm³/mol. The highest BCUT2D eigenvalue weighted by Crippen LogP contribution is 2.22. The molecule has 0 aromatic carbocycles. The topological polar surface area (TPSA) is 40.5 Å². The van der Waals surface area contributed by atoms with Gasteiger partial charge in [0, 0.05) is 0 Å². The van der Waals surface area contributed by atoms with Crippen LogP contribution in [0.2, 0.25) is 0 Å². The molecule has 0 heterocycles. The van der Waals surface area contributed by atoms with Gasteiger partial charge in [-0.05, 0) is 38.8 Å². The molecule has 0 aromatic rings. The Labute approximate surface area is 93.5 Å². The first kappa shape index (κ1) is 14.4. The number of rotatable bonds is 5. The first-order valence-electron chi connectivity index (χ1n) is 5.59. The van der Waals surface area contributed by atoms with Crippen LogP contribution in [0.5, 0.6) is 0 Å². The van der Waals surface area contributed by atoms with Crippen molar-refractivity contribution in [2.24, 2.45) is 5.41 Å². The molecule has 0 bridgehead atoms. The maximum absolute atomic E-state index is 11.1. The first-order chi connectivity index (χ1) is 6.61. The van der Waals surface area contributed by atoms with Crippen molar-refractivity contribution in [3.63, 3.8) is 0 Å². The summed E-state index contributed by atoms with van der Waals surface area (Å²) in [6.07, 6.45) is 1.01. The summed E-state index contributed by atoms with van der Waals surface area (Å²) in [5, 5.41) is 9.13. The second-order valence-corrected chi connectivity index (χ2v) is 5.75. The quantitative estimate of drug-likeness (QED) is 0.766. The van der Waals surface area contributed by atoms with Crippen LogP contribution in [0.25, 0.3) is 0 Å². The van der Waals surface area contributed by atoms with Gasteiger partial charge in [0.2, 0.25) is 0 Å². The molecule has 0 saturated heterocycles. The van der Waals surface area contributed by atoms with Gasteiger partial charge in [-0.1, -0.05) is 27.7 Å². The van der Waals surface area contributed by atoms with Gasteiger partial charge in [0.15, 0.2) is 0 Å². The van der Waals surface area contributed by atoms with E-state index >= 15 is 0 Å². The van der Waals surface area contributed by atoms with Gasteiger partial charge >= 0.3 is 5.97 Å². The lowest BCUT2D eigenvalue weighted by molar-refractivity contribution is -0.149. The molecule has 0 amide bonds. The number of carbonyl (C=O) groups is 1. The van der Waals surface area contributed by atoms with E-state index in [4.69, 9.17) is 5.11 Å². The van der Waals surface area contributed by atoms with Gasteiger partial charge in [0.05, 0.1) is 0 Å². The Balaban J connectivity index is 4.44. The third kappa shape index (κ3) is 4.65. The minimum atomic E-state index is -0.764. The van der Waals surface area contributed by atoms with E-state index in [1.807, 2.05) is 11.8 Å². The molecular weight excluding hydrogens is 190 g/mol.